The first-order valence-corrected chi connectivity index (χ1v) is 8.71. The van der Waals surface area contributed by atoms with E-state index in [4.69, 9.17) is 18.9 Å². The molecule has 0 radical (unpaired) electrons. The second-order valence-electron chi connectivity index (χ2n) is 6.40. The molecule has 0 bridgehead atoms. The van der Waals surface area contributed by atoms with Crippen LogP contribution in [0.5, 0.6) is 0 Å². The molecule has 0 aromatic heterocycles. The Morgan fingerprint density at radius 3 is 2.38 bits per heavy atom. The lowest BCUT2D eigenvalue weighted by Crippen LogP contribution is -2.33. The summed E-state index contributed by atoms with van der Waals surface area (Å²) in [6.45, 7) is 3.96. The summed E-state index contributed by atoms with van der Waals surface area (Å²) in [5, 5.41) is 0. The first-order valence-electron chi connectivity index (χ1n) is 8.71. The molecular formula is C20H26O6. The van der Waals surface area contributed by atoms with E-state index in [9.17, 15) is 9.59 Å². The van der Waals surface area contributed by atoms with E-state index in [-0.39, 0.29) is 31.8 Å². The highest BCUT2D eigenvalue weighted by molar-refractivity contribution is 5.78. The second-order valence-corrected chi connectivity index (χ2v) is 6.40. The zero-order valence-electron chi connectivity index (χ0n) is 15.4. The van der Waals surface area contributed by atoms with Gasteiger partial charge < -0.3 is 18.9 Å². The highest BCUT2D eigenvalue weighted by Crippen LogP contribution is 2.15. The van der Waals surface area contributed by atoms with E-state index < -0.39 is 24.0 Å². The van der Waals surface area contributed by atoms with Gasteiger partial charge in [0.2, 0.25) is 0 Å². The zero-order valence-corrected chi connectivity index (χ0v) is 15.4. The van der Waals surface area contributed by atoms with E-state index in [1.807, 2.05) is 43.3 Å². The first kappa shape index (κ1) is 20.1. The predicted octanol–water partition coefficient (Wildman–Crippen LogP) is 2.52. The standard InChI is InChI=1S/C20H26O6/c1-14-9-10-17(24-12-16-7-5-4-6-8-16)20(22)25-11-15(2)19(21)26-13-18(14)23-3/h4-10,14-15,17-18H,11-13H2,1-3H3/b10-9+/t14-,15-,17+,18-/m0/s1. The number of cyclic esters (lactones) is 2. The van der Waals surface area contributed by atoms with Gasteiger partial charge in [-0.25, -0.2) is 4.79 Å². The Labute approximate surface area is 154 Å². The van der Waals surface area contributed by atoms with Gasteiger partial charge in [-0.3, -0.25) is 4.79 Å². The summed E-state index contributed by atoms with van der Waals surface area (Å²) in [5.41, 5.74) is 0.958. The van der Waals surface area contributed by atoms with Crippen LogP contribution in [0.25, 0.3) is 0 Å². The van der Waals surface area contributed by atoms with Crippen LogP contribution in [0.2, 0.25) is 0 Å². The number of benzene rings is 1. The van der Waals surface area contributed by atoms with Crippen LogP contribution in [0.15, 0.2) is 42.5 Å². The van der Waals surface area contributed by atoms with Crippen LogP contribution >= 0.6 is 0 Å². The van der Waals surface area contributed by atoms with Crippen molar-refractivity contribution in [3.05, 3.63) is 48.0 Å². The molecule has 2 rings (SSSR count). The molecule has 1 aromatic carbocycles. The van der Waals surface area contributed by atoms with Crippen LogP contribution in [0, 0.1) is 11.8 Å². The van der Waals surface area contributed by atoms with E-state index in [2.05, 4.69) is 0 Å². The number of carbonyl (C=O) groups is 2. The fraction of sp³-hybridized carbons (Fsp3) is 0.500. The normalized spacial score (nSPS) is 29.0. The molecule has 1 heterocycles. The van der Waals surface area contributed by atoms with Crippen molar-refractivity contribution in [1.29, 1.82) is 0 Å². The smallest absolute Gasteiger partial charge is 0.339 e. The maximum absolute atomic E-state index is 12.4. The maximum Gasteiger partial charge on any atom is 0.339 e. The van der Waals surface area contributed by atoms with Crippen LogP contribution in [-0.4, -0.2) is 44.5 Å². The molecule has 6 heteroatoms. The number of ether oxygens (including phenoxy) is 4. The number of hydrogen-bond acceptors (Lipinski definition) is 6. The lowest BCUT2D eigenvalue weighted by Gasteiger charge is -2.23. The second kappa shape index (κ2) is 10.1. The van der Waals surface area contributed by atoms with E-state index in [0.29, 0.717) is 0 Å². The first-order chi connectivity index (χ1) is 12.5. The van der Waals surface area contributed by atoms with Crippen LogP contribution in [0.3, 0.4) is 0 Å². The van der Waals surface area contributed by atoms with Crippen molar-refractivity contribution >= 4 is 11.9 Å². The molecular weight excluding hydrogens is 336 g/mol. The Bertz CT molecular complexity index is 612. The number of esters is 2. The van der Waals surface area contributed by atoms with Gasteiger partial charge in [-0.15, -0.1) is 0 Å². The Kier molecular flexibility index (Phi) is 7.81. The molecule has 26 heavy (non-hydrogen) atoms. The Balaban J connectivity index is 2.12. The summed E-state index contributed by atoms with van der Waals surface area (Å²) < 4.78 is 21.6. The van der Waals surface area contributed by atoms with Gasteiger partial charge in [0.05, 0.1) is 18.6 Å². The minimum Gasteiger partial charge on any atom is -0.463 e. The summed E-state index contributed by atoms with van der Waals surface area (Å²) in [7, 11) is 1.57. The number of hydrogen-bond donors (Lipinski definition) is 0. The SMILES string of the molecule is CO[C@H]1COC(=O)[C@@H](C)COC(=O)[C@H](OCc2ccccc2)/C=C/[C@@H]1C. The van der Waals surface area contributed by atoms with Gasteiger partial charge in [-0.05, 0) is 18.6 Å². The fourth-order valence-corrected chi connectivity index (χ4v) is 2.46. The number of carbonyl (C=O) groups excluding carboxylic acids is 2. The largest absolute Gasteiger partial charge is 0.463 e. The third-order valence-electron chi connectivity index (χ3n) is 4.25. The van der Waals surface area contributed by atoms with Gasteiger partial charge in [0.15, 0.2) is 6.10 Å². The third-order valence-corrected chi connectivity index (χ3v) is 4.25. The molecule has 0 fully saturated rings. The number of methoxy groups -OCH3 is 1. The van der Waals surface area contributed by atoms with Gasteiger partial charge >= 0.3 is 11.9 Å². The summed E-state index contributed by atoms with van der Waals surface area (Å²) in [5.74, 6) is -1.57. The third kappa shape index (κ3) is 5.97. The minimum absolute atomic E-state index is 0.0517. The van der Waals surface area contributed by atoms with Gasteiger partial charge in [0.25, 0.3) is 0 Å². The molecule has 6 nitrogen and oxygen atoms in total. The average molecular weight is 362 g/mol. The molecule has 0 saturated carbocycles. The average Bonchev–Trinajstić information content (AvgIpc) is 2.66. The van der Waals surface area contributed by atoms with Crippen molar-refractivity contribution in [2.24, 2.45) is 11.8 Å². The quantitative estimate of drug-likeness (QED) is 0.605. The maximum atomic E-state index is 12.4. The summed E-state index contributed by atoms with van der Waals surface area (Å²) >= 11 is 0. The lowest BCUT2D eigenvalue weighted by molar-refractivity contribution is -0.162. The van der Waals surface area contributed by atoms with E-state index >= 15 is 0 Å². The molecule has 4 atom stereocenters. The molecule has 0 amide bonds. The molecule has 142 valence electrons. The predicted molar refractivity (Wildman–Crippen MR) is 95.2 cm³/mol. The van der Waals surface area contributed by atoms with Crippen molar-refractivity contribution in [3.63, 3.8) is 0 Å². The molecule has 1 aliphatic heterocycles. The highest BCUT2D eigenvalue weighted by atomic mass is 16.6. The van der Waals surface area contributed by atoms with Crippen molar-refractivity contribution in [1.82, 2.24) is 0 Å². The van der Waals surface area contributed by atoms with Gasteiger partial charge in [-0.1, -0.05) is 43.3 Å². The van der Waals surface area contributed by atoms with E-state index in [0.717, 1.165) is 5.56 Å². The van der Waals surface area contributed by atoms with E-state index in [1.54, 1.807) is 20.1 Å². The van der Waals surface area contributed by atoms with Gasteiger partial charge in [-0.2, -0.15) is 0 Å². The minimum atomic E-state index is -0.849. The van der Waals surface area contributed by atoms with Crippen LogP contribution in [0.4, 0.5) is 0 Å². The number of rotatable bonds is 4. The van der Waals surface area contributed by atoms with E-state index in [1.165, 1.54) is 0 Å². The lowest BCUT2D eigenvalue weighted by atomic mass is 10.0. The molecule has 0 saturated heterocycles. The van der Waals surface area contributed by atoms with Crippen molar-refractivity contribution < 1.29 is 28.5 Å². The Hall–Kier alpha value is -2.18. The summed E-state index contributed by atoms with van der Waals surface area (Å²) in [6, 6.07) is 9.58. The van der Waals surface area contributed by atoms with Gasteiger partial charge in [0.1, 0.15) is 13.2 Å². The molecule has 0 aliphatic carbocycles. The Morgan fingerprint density at radius 2 is 1.69 bits per heavy atom. The summed E-state index contributed by atoms with van der Waals surface area (Å²) in [6.07, 6.45) is 2.35. The molecule has 1 aliphatic rings. The Morgan fingerprint density at radius 1 is 1.00 bits per heavy atom. The van der Waals surface area contributed by atoms with Crippen LogP contribution in [-0.2, 0) is 35.1 Å². The van der Waals surface area contributed by atoms with Crippen molar-refractivity contribution in [3.8, 4) is 0 Å². The van der Waals surface area contributed by atoms with Crippen molar-refractivity contribution in [2.45, 2.75) is 32.7 Å². The monoisotopic (exact) mass is 362 g/mol. The molecule has 1 aromatic rings. The van der Waals surface area contributed by atoms with Gasteiger partial charge in [0, 0.05) is 13.0 Å². The fourth-order valence-electron chi connectivity index (χ4n) is 2.46. The molecule has 0 N–H and O–H groups in total. The molecule has 0 unspecified atom stereocenters. The van der Waals surface area contributed by atoms with Crippen LogP contribution < -0.4 is 0 Å². The van der Waals surface area contributed by atoms with Crippen LogP contribution in [0.1, 0.15) is 19.4 Å². The summed E-state index contributed by atoms with van der Waals surface area (Å²) in [4.78, 5) is 24.4. The topological polar surface area (TPSA) is 71.1 Å². The van der Waals surface area contributed by atoms with Crippen molar-refractivity contribution in [2.75, 3.05) is 20.3 Å². The zero-order chi connectivity index (χ0) is 18.9. The molecule has 0 spiro atoms. The highest BCUT2D eigenvalue weighted by Gasteiger charge is 2.25.